The lowest BCUT2D eigenvalue weighted by molar-refractivity contribution is 0.0855. The van der Waals surface area contributed by atoms with E-state index in [1.807, 2.05) is 0 Å². The molecule has 0 saturated heterocycles. The predicted molar refractivity (Wildman–Crippen MR) is 47.2 cm³/mol. The molecule has 0 radical (unpaired) electrons. The first-order chi connectivity index (χ1) is 6.58. The van der Waals surface area contributed by atoms with Gasteiger partial charge >= 0.3 is 0 Å². The van der Waals surface area contributed by atoms with Gasteiger partial charge in [0.25, 0.3) is 5.92 Å². The van der Waals surface area contributed by atoms with Crippen molar-refractivity contribution in [2.24, 2.45) is 5.92 Å². The van der Waals surface area contributed by atoms with Crippen LogP contribution in [-0.2, 0) is 0 Å². The van der Waals surface area contributed by atoms with Crippen molar-refractivity contribution in [3.8, 4) is 5.75 Å². The highest BCUT2D eigenvalue weighted by atomic mass is 19.3. The van der Waals surface area contributed by atoms with Gasteiger partial charge in [0.15, 0.2) is 0 Å². The molecule has 1 aliphatic rings. The van der Waals surface area contributed by atoms with E-state index in [2.05, 4.69) is 4.98 Å². The molecule has 0 aliphatic heterocycles. The summed E-state index contributed by atoms with van der Waals surface area (Å²) in [5.41, 5.74) is 5.35. The standard InChI is InChI=1S/C9H10F2N2O/c10-9(11)3-6(9)5-14-7-1-2-8(12)13-4-7/h1-2,4,6H,3,5H2,(H2,12,13). The molecule has 1 unspecified atom stereocenters. The summed E-state index contributed by atoms with van der Waals surface area (Å²) in [4.78, 5) is 3.78. The summed E-state index contributed by atoms with van der Waals surface area (Å²) in [6.45, 7) is 0.0403. The van der Waals surface area contributed by atoms with Crippen LogP contribution in [0.4, 0.5) is 14.6 Å². The van der Waals surface area contributed by atoms with Crippen molar-refractivity contribution in [1.29, 1.82) is 0 Å². The normalized spacial score (nSPS) is 23.1. The van der Waals surface area contributed by atoms with Crippen LogP contribution < -0.4 is 10.5 Å². The Morgan fingerprint density at radius 1 is 1.57 bits per heavy atom. The van der Waals surface area contributed by atoms with Gasteiger partial charge in [0, 0.05) is 6.42 Å². The quantitative estimate of drug-likeness (QED) is 0.807. The van der Waals surface area contributed by atoms with Crippen LogP contribution in [0.5, 0.6) is 5.75 Å². The fourth-order valence-corrected chi connectivity index (χ4v) is 1.12. The smallest absolute Gasteiger partial charge is 0.255 e. The number of hydrogen-bond acceptors (Lipinski definition) is 3. The van der Waals surface area contributed by atoms with Crippen LogP contribution in [-0.4, -0.2) is 17.5 Å². The number of rotatable bonds is 3. The number of alkyl halides is 2. The van der Waals surface area contributed by atoms with Crippen LogP contribution in [0.15, 0.2) is 18.3 Å². The van der Waals surface area contributed by atoms with Crippen molar-refractivity contribution in [2.75, 3.05) is 12.3 Å². The van der Waals surface area contributed by atoms with Gasteiger partial charge in [-0.3, -0.25) is 0 Å². The molecule has 1 aliphatic carbocycles. The molecule has 1 aromatic rings. The van der Waals surface area contributed by atoms with E-state index in [4.69, 9.17) is 10.5 Å². The molecule has 76 valence electrons. The van der Waals surface area contributed by atoms with Gasteiger partial charge < -0.3 is 10.5 Å². The van der Waals surface area contributed by atoms with Crippen LogP contribution in [0.25, 0.3) is 0 Å². The lowest BCUT2D eigenvalue weighted by atomic mass is 10.4. The molecule has 14 heavy (non-hydrogen) atoms. The molecule has 1 fully saturated rings. The monoisotopic (exact) mass is 200 g/mol. The largest absolute Gasteiger partial charge is 0.491 e. The predicted octanol–water partition coefficient (Wildman–Crippen LogP) is 1.70. The van der Waals surface area contributed by atoms with Crippen molar-refractivity contribution >= 4 is 5.82 Å². The van der Waals surface area contributed by atoms with Crippen LogP contribution >= 0.6 is 0 Å². The third-order valence-electron chi connectivity index (χ3n) is 2.17. The minimum Gasteiger partial charge on any atom is -0.491 e. The Balaban J connectivity index is 1.84. The summed E-state index contributed by atoms with van der Waals surface area (Å²) in [6.07, 6.45) is 1.35. The third kappa shape index (κ3) is 1.92. The molecule has 1 aromatic heterocycles. The van der Waals surface area contributed by atoms with Crippen molar-refractivity contribution in [3.63, 3.8) is 0 Å². The van der Waals surface area contributed by atoms with Gasteiger partial charge in [-0.1, -0.05) is 0 Å². The van der Waals surface area contributed by atoms with E-state index in [1.54, 1.807) is 12.1 Å². The van der Waals surface area contributed by atoms with E-state index in [0.29, 0.717) is 11.6 Å². The number of pyridine rings is 1. The number of nitrogen functional groups attached to an aromatic ring is 1. The zero-order valence-corrected chi connectivity index (χ0v) is 7.41. The van der Waals surface area contributed by atoms with Gasteiger partial charge in [0.05, 0.1) is 18.7 Å². The fraction of sp³-hybridized carbons (Fsp3) is 0.444. The summed E-state index contributed by atoms with van der Waals surface area (Å²) in [5.74, 6) is -2.31. The maximum Gasteiger partial charge on any atom is 0.255 e. The first kappa shape index (κ1) is 9.18. The van der Waals surface area contributed by atoms with Crippen molar-refractivity contribution in [2.45, 2.75) is 12.3 Å². The molecule has 1 heterocycles. The fourth-order valence-electron chi connectivity index (χ4n) is 1.12. The summed E-state index contributed by atoms with van der Waals surface area (Å²) in [7, 11) is 0. The summed E-state index contributed by atoms with van der Waals surface area (Å²) >= 11 is 0. The van der Waals surface area contributed by atoms with E-state index in [0.717, 1.165) is 0 Å². The van der Waals surface area contributed by atoms with Crippen LogP contribution in [0.2, 0.25) is 0 Å². The zero-order valence-electron chi connectivity index (χ0n) is 7.41. The molecule has 0 aromatic carbocycles. The number of ether oxygens (including phenoxy) is 1. The molecule has 1 atom stereocenters. The molecule has 0 bridgehead atoms. The van der Waals surface area contributed by atoms with Crippen LogP contribution in [0, 0.1) is 5.92 Å². The number of halogens is 2. The summed E-state index contributed by atoms with van der Waals surface area (Å²) < 4.78 is 30.0. The first-order valence-corrected chi connectivity index (χ1v) is 4.30. The molecule has 0 amide bonds. The average molecular weight is 200 g/mol. The summed E-state index contributed by atoms with van der Waals surface area (Å²) in [6, 6.07) is 3.18. The number of nitrogens with zero attached hydrogens (tertiary/aromatic N) is 1. The second-order valence-electron chi connectivity index (χ2n) is 3.39. The number of aromatic nitrogens is 1. The SMILES string of the molecule is Nc1ccc(OCC2CC2(F)F)cn1. The topological polar surface area (TPSA) is 48.1 Å². The van der Waals surface area contributed by atoms with Gasteiger partial charge in [-0.05, 0) is 12.1 Å². The Hall–Kier alpha value is -1.39. The number of hydrogen-bond donors (Lipinski definition) is 1. The highest BCUT2D eigenvalue weighted by Crippen LogP contribution is 2.48. The Bertz CT molecular complexity index is 326. The first-order valence-electron chi connectivity index (χ1n) is 4.30. The van der Waals surface area contributed by atoms with Gasteiger partial charge in [0.2, 0.25) is 0 Å². The van der Waals surface area contributed by atoms with Gasteiger partial charge in [-0.15, -0.1) is 0 Å². The molecule has 0 spiro atoms. The molecule has 2 rings (SSSR count). The second kappa shape index (κ2) is 3.08. The molecular formula is C9H10F2N2O. The Morgan fingerprint density at radius 2 is 2.29 bits per heavy atom. The van der Waals surface area contributed by atoms with E-state index < -0.39 is 11.8 Å². The Labute approximate surface area is 79.9 Å². The summed E-state index contributed by atoms with van der Waals surface area (Å²) in [5, 5.41) is 0. The van der Waals surface area contributed by atoms with Crippen LogP contribution in [0.1, 0.15) is 6.42 Å². The van der Waals surface area contributed by atoms with Crippen molar-refractivity contribution in [3.05, 3.63) is 18.3 Å². The number of anilines is 1. The lowest BCUT2D eigenvalue weighted by Crippen LogP contribution is -2.05. The van der Waals surface area contributed by atoms with Gasteiger partial charge in [-0.2, -0.15) is 0 Å². The zero-order chi connectivity index (χ0) is 10.2. The van der Waals surface area contributed by atoms with E-state index in [-0.39, 0.29) is 13.0 Å². The van der Waals surface area contributed by atoms with Gasteiger partial charge in [-0.25, -0.2) is 13.8 Å². The average Bonchev–Trinajstić information content (AvgIpc) is 2.73. The van der Waals surface area contributed by atoms with Crippen molar-refractivity contribution < 1.29 is 13.5 Å². The maximum absolute atomic E-state index is 12.4. The minimum absolute atomic E-state index is 0.0403. The van der Waals surface area contributed by atoms with E-state index in [1.165, 1.54) is 6.20 Å². The lowest BCUT2D eigenvalue weighted by Gasteiger charge is -2.04. The molecule has 3 nitrogen and oxygen atoms in total. The van der Waals surface area contributed by atoms with E-state index >= 15 is 0 Å². The molecular weight excluding hydrogens is 190 g/mol. The maximum atomic E-state index is 12.4. The molecule has 5 heteroatoms. The highest BCUT2D eigenvalue weighted by molar-refractivity contribution is 5.32. The highest BCUT2D eigenvalue weighted by Gasteiger charge is 2.57. The van der Waals surface area contributed by atoms with E-state index in [9.17, 15) is 8.78 Å². The minimum atomic E-state index is -2.53. The van der Waals surface area contributed by atoms with Crippen molar-refractivity contribution in [1.82, 2.24) is 4.98 Å². The van der Waals surface area contributed by atoms with Gasteiger partial charge in [0.1, 0.15) is 11.6 Å². The molecule has 1 saturated carbocycles. The second-order valence-corrected chi connectivity index (χ2v) is 3.39. The van der Waals surface area contributed by atoms with Crippen LogP contribution in [0.3, 0.4) is 0 Å². The number of nitrogens with two attached hydrogens (primary N) is 1. The Kier molecular flexibility index (Phi) is 2.02. The Morgan fingerprint density at radius 3 is 2.79 bits per heavy atom. The molecule has 2 N–H and O–H groups in total. The third-order valence-corrected chi connectivity index (χ3v) is 2.17.